The summed E-state index contributed by atoms with van der Waals surface area (Å²) in [4.78, 5) is 4.00. The van der Waals surface area contributed by atoms with Crippen LogP contribution in [0.3, 0.4) is 0 Å². The molecule has 0 atom stereocenters. The SMILES string of the molecule is CCOc1ccc(OCc2cccnc2Cl)cc1. The van der Waals surface area contributed by atoms with Crippen molar-refractivity contribution in [1.82, 2.24) is 4.98 Å². The van der Waals surface area contributed by atoms with Crippen molar-refractivity contribution in [2.24, 2.45) is 0 Å². The fourth-order valence-electron chi connectivity index (χ4n) is 1.49. The van der Waals surface area contributed by atoms with Gasteiger partial charge in [-0.1, -0.05) is 17.7 Å². The van der Waals surface area contributed by atoms with E-state index in [2.05, 4.69) is 4.98 Å². The van der Waals surface area contributed by atoms with E-state index in [0.29, 0.717) is 18.4 Å². The maximum atomic E-state index is 5.95. The van der Waals surface area contributed by atoms with Crippen LogP contribution in [0.1, 0.15) is 12.5 Å². The van der Waals surface area contributed by atoms with Gasteiger partial charge in [-0.25, -0.2) is 4.98 Å². The van der Waals surface area contributed by atoms with Gasteiger partial charge in [0.05, 0.1) is 6.61 Å². The Labute approximate surface area is 111 Å². The normalized spacial score (nSPS) is 10.1. The van der Waals surface area contributed by atoms with Crippen LogP contribution in [0, 0.1) is 0 Å². The number of pyridine rings is 1. The molecule has 1 heterocycles. The Morgan fingerprint density at radius 3 is 2.33 bits per heavy atom. The predicted octanol–water partition coefficient (Wildman–Crippen LogP) is 3.71. The van der Waals surface area contributed by atoms with Gasteiger partial charge >= 0.3 is 0 Å². The van der Waals surface area contributed by atoms with Crippen LogP contribution in [0.4, 0.5) is 0 Å². The fourth-order valence-corrected chi connectivity index (χ4v) is 1.66. The van der Waals surface area contributed by atoms with Crippen molar-refractivity contribution < 1.29 is 9.47 Å². The Morgan fingerprint density at radius 1 is 1.06 bits per heavy atom. The minimum absolute atomic E-state index is 0.403. The Balaban J connectivity index is 1.96. The van der Waals surface area contributed by atoms with Crippen molar-refractivity contribution >= 4 is 11.6 Å². The highest BCUT2D eigenvalue weighted by molar-refractivity contribution is 6.30. The van der Waals surface area contributed by atoms with E-state index in [9.17, 15) is 0 Å². The highest BCUT2D eigenvalue weighted by Gasteiger charge is 2.01. The number of ether oxygens (including phenoxy) is 2. The molecule has 0 bridgehead atoms. The molecule has 0 saturated heterocycles. The second kappa shape index (κ2) is 6.26. The minimum atomic E-state index is 0.403. The number of hydrogen-bond acceptors (Lipinski definition) is 3. The lowest BCUT2D eigenvalue weighted by Crippen LogP contribution is -1.97. The quantitative estimate of drug-likeness (QED) is 0.771. The summed E-state index contributed by atoms with van der Waals surface area (Å²) in [6.07, 6.45) is 1.66. The van der Waals surface area contributed by atoms with Crippen molar-refractivity contribution in [1.29, 1.82) is 0 Å². The van der Waals surface area contributed by atoms with Gasteiger partial charge in [-0.3, -0.25) is 0 Å². The van der Waals surface area contributed by atoms with Gasteiger partial charge in [-0.05, 0) is 37.3 Å². The lowest BCUT2D eigenvalue weighted by atomic mass is 10.3. The Kier molecular flexibility index (Phi) is 4.42. The molecule has 0 aliphatic carbocycles. The molecule has 94 valence electrons. The smallest absolute Gasteiger partial charge is 0.135 e. The van der Waals surface area contributed by atoms with Crippen molar-refractivity contribution in [3.05, 3.63) is 53.3 Å². The molecule has 18 heavy (non-hydrogen) atoms. The Bertz CT molecular complexity index is 499. The van der Waals surface area contributed by atoms with Gasteiger partial charge in [-0.2, -0.15) is 0 Å². The highest BCUT2D eigenvalue weighted by atomic mass is 35.5. The largest absolute Gasteiger partial charge is 0.494 e. The van der Waals surface area contributed by atoms with Gasteiger partial charge < -0.3 is 9.47 Å². The van der Waals surface area contributed by atoms with Crippen LogP contribution in [-0.4, -0.2) is 11.6 Å². The molecule has 1 aromatic carbocycles. The molecule has 0 unspecified atom stereocenters. The van der Waals surface area contributed by atoms with Crippen LogP contribution in [0.5, 0.6) is 11.5 Å². The molecule has 1 aromatic heterocycles. The first-order valence-electron chi connectivity index (χ1n) is 5.74. The Hall–Kier alpha value is -1.74. The molecule has 0 fully saturated rings. The van der Waals surface area contributed by atoms with Crippen LogP contribution in [0.25, 0.3) is 0 Å². The maximum absolute atomic E-state index is 5.95. The first kappa shape index (κ1) is 12.7. The van der Waals surface area contributed by atoms with Crippen LogP contribution < -0.4 is 9.47 Å². The van der Waals surface area contributed by atoms with Crippen LogP contribution in [-0.2, 0) is 6.61 Å². The molecule has 0 aliphatic heterocycles. The number of benzene rings is 1. The Morgan fingerprint density at radius 2 is 1.72 bits per heavy atom. The predicted molar refractivity (Wildman–Crippen MR) is 71.2 cm³/mol. The summed E-state index contributed by atoms with van der Waals surface area (Å²) in [5.41, 5.74) is 0.869. The summed E-state index contributed by atoms with van der Waals surface area (Å²) in [5.74, 6) is 1.61. The number of halogens is 1. The zero-order valence-corrected chi connectivity index (χ0v) is 10.9. The molecule has 2 aromatic rings. The molecular weight excluding hydrogens is 250 g/mol. The topological polar surface area (TPSA) is 31.4 Å². The zero-order valence-electron chi connectivity index (χ0n) is 10.1. The third-order valence-corrected chi connectivity index (χ3v) is 2.71. The van der Waals surface area contributed by atoms with Gasteiger partial charge in [0.15, 0.2) is 0 Å². The maximum Gasteiger partial charge on any atom is 0.135 e. The van der Waals surface area contributed by atoms with Gasteiger partial charge in [0, 0.05) is 11.8 Å². The molecule has 3 nitrogen and oxygen atoms in total. The van der Waals surface area contributed by atoms with Crippen molar-refractivity contribution in [2.45, 2.75) is 13.5 Å². The van der Waals surface area contributed by atoms with E-state index in [1.54, 1.807) is 6.20 Å². The fraction of sp³-hybridized carbons (Fsp3) is 0.214. The first-order chi connectivity index (χ1) is 8.79. The summed E-state index contributed by atoms with van der Waals surface area (Å²) in [6.45, 7) is 3.01. The molecular formula is C14H14ClNO2. The van der Waals surface area contributed by atoms with Crippen LogP contribution in [0.15, 0.2) is 42.6 Å². The lowest BCUT2D eigenvalue weighted by molar-refractivity contribution is 0.303. The average molecular weight is 264 g/mol. The van der Waals surface area contributed by atoms with E-state index in [-0.39, 0.29) is 0 Å². The van der Waals surface area contributed by atoms with Crippen molar-refractivity contribution in [3.8, 4) is 11.5 Å². The monoisotopic (exact) mass is 263 g/mol. The van der Waals surface area contributed by atoms with E-state index in [0.717, 1.165) is 17.1 Å². The van der Waals surface area contributed by atoms with Gasteiger partial charge in [0.25, 0.3) is 0 Å². The third kappa shape index (κ3) is 3.37. The molecule has 0 N–H and O–H groups in total. The second-order valence-corrected chi connectivity index (χ2v) is 4.00. The van der Waals surface area contributed by atoms with Gasteiger partial charge in [0.2, 0.25) is 0 Å². The number of rotatable bonds is 5. The number of aromatic nitrogens is 1. The molecule has 0 spiro atoms. The lowest BCUT2D eigenvalue weighted by Gasteiger charge is -2.08. The average Bonchev–Trinajstić information content (AvgIpc) is 2.40. The van der Waals surface area contributed by atoms with E-state index < -0.39 is 0 Å². The number of nitrogens with zero attached hydrogens (tertiary/aromatic N) is 1. The summed E-state index contributed by atoms with van der Waals surface area (Å²) in [5, 5.41) is 0.475. The summed E-state index contributed by atoms with van der Waals surface area (Å²) in [6, 6.07) is 11.2. The van der Waals surface area contributed by atoms with E-state index in [4.69, 9.17) is 21.1 Å². The van der Waals surface area contributed by atoms with Gasteiger partial charge in [-0.15, -0.1) is 0 Å². The van der Waals surface area contributed by atoms with Crippen molar-refractivity contribution in [2.75, 3.05) is 6.61 Å². The second-order valence-electron chi connectivity index (χ2n) is 3.65. The molecule has 0 aliphatic rings. The summed E-state index contributed by atoms with van der Waals surface area (Å²) < 4.78 is 11.0. The zero-order chi connectivity index (χ0) is 12.8. The molecule has 0 saturated carbocycles. The molecule has 2 rings (SSSR count). The van der Waals surface area contributed by atoms with Gasteiger partial charge in [0.1, 0.15) is 23.3 Å². The van der Waals surface area contributed by atoms with Crippen molar-refractivity contribution in [3.63, 3.8) is 0 Å². The molecule has 0 amide bonds. The summed E-state index contributed by atoms with van der Waals surface area (Å²) in [7, 11) is 0. The van der Waals surface area contributed by atoms with E-state index >= 15 is 0 Å². The minimum Gasteiger partial charge on any atom is -0.494 e. The molecule has 0 radical (unpaired) electrons. The van der Waals surface area contributed by atoms with E-state index in [1.165, 1.54) is 0 Å². The summed E-state index contributed by atoms with van der Waals surface area (Å²) >= 11 is 5.95. The first-order valence-corrected chi connectivity index (χ1v) is 6.12. The van der Waals surface area contributed by atoms with E-state index in [1.807, 2.05) is 43.3 Å². The highest BCUT2D eigenvalue weighted by Crippen LogP contribution is 2.20. The van der Waals surface area contributed by atoms with Crippen LogP contribution >= 0.6 is 11.6 Å². The third-order valence-electron chi connectivity index (χ3n) is 2.37. The standard InChI is InChI=1S/C14H14ClNO2/c1-2-17-12-5-7-13(8-6-12)18-10-11-4-3-9-16-14(11)15/h3-9H,2,10H2,1H3. The number of hydrogen-bond donors (Lipinski definition) is 0. The van der Waals surface area contributed by atoms with Crippen LogP contribution in [0.2, 0.25) is 5.15 Å². The molecule has 4 heteroatoms.